The smallest absolute Gasteiger partial charge is 0.337 e. The van der Waals surface area contributed by atoms with E-state index in [-0.39, 0.29) is 12.2 Å². The molecule has 3 heterocycles. The molecule has 2 aliphatic rings. The maximum Gasteiger partial charge on any atom is 0.337 e. The zero-order valence-electron chi connectivity index (χ0n) is 18.6. The minimum Gasteiger partial charge on any atom is -0.493 e. The standard InChI is InChI=1S/C22H25N3O7/c1-6-7-25-19-17(20(26)24(2)22(25)28)15(16-12(23-19)10-32-21(16)27)11-8-13(29-3)18(31-5)14(9-11)30-4/h8-9,15,23H,6-7,10H2,1-5H3. The third-order valence-electron chi connectivity index (χ3n) is 5.78. The molecule has 10 heteroatoms. The molecule has 0 aliphatic carbocycles. The summed E-state index contributed by atoms with van der Waals surface area (Å²) in [5, 5.41) is 3.13. The molecule has 0 saturated heterocycles. The van der Waals surface area contributed by atoms with Crippen LogP contribution in [0.2, 0.25) is 0 Å². The molecule has 0 spiro atoms. The van der Waals surface area contributed by atoms with Gasteiger partial charge >= 0.3 is 11.7 Å². The number of carbonyl (C=O) groups is 1. The number of cyclic esters (lactones) is 1. The first-order valence-corrected chi connectivity index (χ1v) is 10.2. The SMILES string of the molecule is CCCn1c2c(c(=O)n(C)c1=O)C(c1cc(OC)c(OC)c(OC)c1)C1=C(COC1=O)N2. The summed E-state index contributed by atoms with van der Waals surface area (Å²) in [7, 11) is 5.90. The highest BCUT2D eigenvalue weighted by molar-refractivity contribution is 5.97. The monoisotopic (exact) mass is 443 g/mol. The first-order valence-electron chi connectivity index (χ1n) is 10.2. The molecule has 4 rings (SSSR count). The average molecular weight is 443 g/mol. The van der Waals surface area contributed by atoms with E-state index in [9.17, 15) is 14.4 Å². The molecule has 1 unspecified atom stereocenters. The predicted molar refractivity (Wildman–Crippen MR) is 116 cm³/mol. The van der Waals surface area contributed by atoms with Gasteiger partial charge in [-0.25, -0.2) is 9.59 Å². The lowest BCUT2D eigenvalue weighted by Crippen LogP contribution is -2.44. The number of nitrogens with zero attached hydrogens (tertiary/aromatic N) is 2. The van der Waals surface area contributed by atoms with Gasteiger partial charge in [-0.05, 0) is 24.1 Å². The first-order chi connectivity index (χ1) is 15.4. The maximum atomic E-state index is 13.3. The second-order valence-electron chi connectivity index (χ2n) is 7.55. The Morgan fingerprint density at radius 1 is 1.09 bits per heavy atom. The maximum absolute atomic E-state index is 13.3. The van der Waals surface area contributed by atoms with Gasteiger partial charge in [0.25, 0.3) is 5.56 Å². The van der Waals surface area contributed by atoms with Gasteiger partial charge in [0.05, 0.1) is 44.1 Å². The summed E-state index contributed by atoms with van der Waals surface area (Å²) in [4.78, 5) is 38.9. The molecule has 1 N–H and O–H groups in total. The number of nitrogens with one attached hydrogen (secondary N) is 1. The summed E-state index contributed by atoms with van der Waals surface area (Å²) in [6.07, 6.45) is 0.683. The van der Waals surface area contributed by atoms with E-state index in [0.29, 0.717) is 52.9 Å². The van der Waals surface area contributed by atoms with Crippen molar-refractivity contribution in [2.24, 2.45) is 7.05 Å². The van der Waals surface area contributed by atoms with E-state index in [1.165, 1.54) is 32.9 Å². The molecule has 1 aromatic heterocycles. The zero-order valence-corrected chi connectivity index (χ0v) is 18.6. The van der Waals surface area contributed by atoms with Crippen molar-refractivity contribution in [1.82, 2.24) is 9.13 Å². The number of ether oxygens (including phenoxy) is 4. The second kappa shape index (κ2) is 8.10. The number of methoxy groups -OCH3 is 3. The van der Waals surface area contributed by atoms with Crippen LogP contribution < -0.4 is 30.8 Å². The lowest BCUT2D eigenvalue weighted by Gasteiger charge is -2.29. The van der Waals surface area contributed by atoms with Gasteiger partial charge in [0.1, 0.15) is 12.4 Å². The van der Waals surface area contributed by atoms with Crippen molar-refractivity contribution >= 4 is 11.8 Å². The Morgan fingerprint density at radius 3 is 2.31 bits per heavy atom. The third kappa shape index (κ3) is 3.05. The van der Waals surface area contributed by atoms with Crippen molar-refractivity contribution in [3.63, 3.8) is 0 Å². The van der Waals surface area contributed by atoms with Crippen LogP contribution in [0.4, 0.5) is 5.82 Å². The number of anilines is 1. The summed E-state index contributed by atoms with van der Waals surface area (Å²) in [6.45, 7) is 2.38. The molecule has 0 fully saturated rings. The van der Waals surface area contributed by atoms with Crippen LogP contribution in [0, 0.1) is 0 Å². The topological polar surface area (TPSA) is 110 Å². The summed E-state index contributed by atoms with van der Waals surface area (Å²) >= 11 is 0. The Labute approximate surface area is 184 Å². The third-order valence-corrected chi connectivity index (χ3v) is 5.78. The summed E-state index contributed by atoms with van der Waals surface area (Å²) in [5.41, 5.74) is 0.792. The van der Waals surface area contributed by atoms with Crippen molar-refractivity contribution in [3.05, 3.63) is 55.4 Å². The fraction of sp³-hybridized carbons (Fsp3) is 0.409. The van der Waals surface area contributed by atoms with E-state index in [1.54, 1.807) is 12.1 Å². The van der Waals surface area contributed by atoms with Gasteiger partial charge in [0.15, 0.2) is 11.5 Å². The van der Waals surface area contributed by atoms with Crippen LogP contribution >= 0.6 is 0 Å². The molecule has 10 nitrogen and oxygen atoms in total. The molecular formula is C22H25N3O7. The molecular weight excluding hydrogens is 418 g/mol. The van der Waals surface area contributed by atoms with Crippen molar-refractivity contribution in [1.29, 1.82) is 0 Å². The number of hydrogen-bond acceptors (Lipinski definition) is 8. The van der Waals surface area contributed by atoms with Gasteiger partial charge in [0.2, 0.25) is 5.75 Å². The van der Waals surface area contributed by atoms with E-state index < -0.39 is 23.1 Å². The fourth-order valence-electron chi connectivity index (χ4n) is 4.32. The van der Waals surface area contributed by atoms with E-state index in [1.807, 2.05) is 6.92 Å². The minimum atomic E-state index is -0.785. The number of benzene rings is 1. The molecule has 1 aromatic carbocycles. The van der Waals surface area contributed by atoms with E-state index in [2.05, 4.69) is 5.32 Å². The molecule has 0 amide bonds. The number of fused-ring (bicyclic) bond motifs is 1. The lowest BCUT2D eigenvalue weighted by atomic mass is 9.82. The second-order valence-corrected chi connectivity index (χ2v) is 7.55. The fourth-order valence-corrected chi connectivity index (χ4v) is 4.32. The highest BCUT2D eigenvalue weighted by Gasteiger charge is 2.42. The van der Waals surface area contributed by atoms with E-state index in [4.69, 9.17) is 18.9 Å². The molecule has 2 aromatic rings. The molecule has 32 heavy (non-hydrogen) atoms. The summed E-state index contributed by atoms with van der Waals surface area (Å²) < 4.78 is 24.2. The summed E-state index contributed by atoms with van der Waals surface area (Å²) in [5.74, 6) is 0.221. The Balaban J connectivity index is 2.08. The molecule has 0 saturated carbocycles. The Bertz CT molecular complexity index is 1230. The predicted octanol–water partition coefficient (Wildman–Crippen LogP) is 1.35. The Kier molecular flexibility index (Phi) is 5.45. The van der Waals surface area contributed by atoms with E-state index >= 15 is 0 Å². The van der Waals surface area contributed by atoms with Gasteiger partial charge < -0.3 is 24.3 Å². The van der Waals surface area contributed by atoms with Crippen molar-refractivity contribution < 1.29 is 23.7 Å². The van der Waals surface area contributed by atoms with Gasteiger partial charge in [0, 0.05) is 13.6 Å². The van der Waals surface area contributed by atoms with Gasteiger partial charge in [-0.15, -0.1) is 0 Å². The van der Waals surface area contributed by atoms with Crippen LogP contribution in [-0.2, 0) is 23.1 Å². The molecule has 1 atom stereocenters. The highest BCUT2D eigenvalue weighted by atomic mass is 16.5. The van der Waals surface area contributed by atoms with Crippen LogP contribution in [-0.4, -0.2) is 43.0 Å². The van der Waals surface area contributed by atoms with Gasteiger partial charge in [-0.2, -0.15) is 0 Å². The molecule has 0 bridgehead atoms. The molecule has 2 aliphatic heterocycles. The average Bonchev–Trinajstić information content (AvgIpc) is 3.18. The van der Waals surface area contributed by atoms with E-state index in [0.717, 1.165) is 4.57 Å². The van der Waals surface area contributed by atoms with Crippen molar-refractivity contribution in [2.75, 3.05) is 33.3 Å². The summed E-state index contributed by atoms with van der Waals surface area (Å²) in [6, 6.07) is 3.40. The molecule has 170 valence electrons. The highest BCUT2D eigenvalue weighted by Crippen LogP contribution is 2.47. The quantitative estimate of drug-likeness (QED) is 0.667. The zero-order chi connectivity index (χ0) is 23.2. The van der Waals surface area contributed by atoms with Gasteiger partial charge in [-0.3, -0.25) is 13.9 Å². The van der Waals surface area contributed by atoms with Crippen molar-refractivity contribution in [3.8, 4) is 17.2 Å². The first kappa shape index (κ1) is 21.5. The minimum absolute atomic E-state index is 0.0318. The number of esters is 1. The largest absolute Gasteiger partial charge is 0.493 e. The molecule has 0 radical (unpaired) electrons. The van der Waals surface area contributed by atoms with Crippen LogP contribution in [0.5, 0.6) is 17.2 Å². The number of hydrogen-bond donors (Lipinski definition) is 1. The Hall–Kier alpha value is -3.69. The van der Waals surface area contributed by atoms with Gasteiger partial charge in [-0.1, -0.05) is 6.92 Å². The van der Waals surface area contributed by atoms with Crippen LogP contribution in [0.25, 0.3) is 0 Å². The number of carbonyl (C=O) groups excluding carboxylic acids is 1. The number of rotatable bonds is 6. The van der Waals surface area contributed by atoms with Crippen LogP contribution in [0.15, 0.2) is 33.0 Å². The van der Waals surface area contributed by atoms with Crippen molar-refractivity contribution in [2.45, 2.75) is 25.8 Å². The normalized spacial score (nSPS) is 16.8. The lowest BCUT2D eigenvalue weighted by molar-refractivity contribution is -0.136. The Morgan fingerprint density at radius 2 is 1.75 bits per heavy atom. The van der Waals surface area contributed by atoms with Crippen LogP contribution in [0.1, 0.15) is 30.4 Å². The number of aromatic nitrogens is 2. The van der Waals surface area contributed by atoms with Crippen LogP contribution in [0.3, 0.4) is 0 Å².